The average Bonchev–Trinajstić information content (AvgIpc) is 2.35. The van der Waals surface area contributed by atoms with Crippen LogP contribution in [0.3, 0.4) is 0 Å². The van der Waals surface area contributed by atoms with Gasteiger partial charge in [0, 0.05) is 18.2 Å². The molecule has 0 aromatic heterocycles. The number of rotatable bonds is 3. The first-order valence-corrected chi connectivity index (χ1v) is 6.09. The fraction of sp³-hybridized carbons (Fsp3) is 0.462. The van der Waals surface area contributed by atoms with Gasteiger partial charge in [0.2, 0.25) is 5.91 Å². The van der Waals surface area contributed by atoms with Crippen molar-refractivity contribution in [2.24, 2.45) is 0 Å². The van der Waals surface area contributed by atoms with E-state index in [1.54, 1.807) is 0 Å². The van der Waals surface area contributed by atoms with E-state index in [1.807, 2.05) is 0 Å². The molecule has 1 fully saturated rings. The molecular formula is C13H17ClF2N2O. The maximum atomic E-state index is 13.3. The average molecular weight is 291 g/mol. The lowest BCUT2D eigenvalue weighted by Gasteiger charge is -2.23. The molecule has 0 saturated carbocycles. The summed E-state index contributed by atoms with van der Waals surface area (Å²) in [5.41, 5.74) is 0.0938. The second kappa shape index (κ2) is 7.40. The Morgan fingerprint density at radius 3 is 2.89 bits per heavy atom. The predicted molar refractivity (Wildman–Crippen MR) is 71.3 cm³/mol. The summed E-state index contributed by atoms with van der Waals surface area (Å²) in [4.78, 5) is 11.7. The molecule has 0 bridgehead atoms. The number of amides is 1. The van der Waals surface area contributed by atoms with E-state index in [1.165, 1.54) is 0 Å². The van der Waals surface area contributed by atoms with Crippen molar-refractivity contribution in [3.8, 4) is 0 Å². The van der Waals surface area contributed by atoms with Gasteiger partial charge >= 0.3 is 0 Å². The number of benzene rings is 1. The van der Waals surface area contributed by atoms with Crippen molar-refractivity contribution < 1.29 is 13.6 Å². The normalized spacial score (nSPS) is 18.5. The largest absolute Gasteiger partial charge is 0.352 e. The van der Waals surface area contributed by atoms with Gasteiger partial charge < -0.3 is 10.6 Å². The number of nitrogens with one attached hydrogen (secondary N) is 2. The number of carbonyl (C=O) groups excluding carboxylic acids is 1. The molecule has 1 heterocycles. The summed E-state index contributed by atoms with van der Waals surface area (Å²) in [5, 5.41) is 6.00. The standard InChI is InChI=1S/C13H16F2N2O.ClH/c14-10-3-4-12(15)9(6-10)7-13(18)17-11-2-1-5-16-8-11;/h3-4,6,11,16H,1-2,5,7-8H2,(H,17,18);1H. The summed E-state index contributed by atoms with van der Waals surface area (Å²) in [6.45, 7) is 1.70. The van der Waals surface area contributed by atoms with Crippen LogP contribution in [0.15, 0.2) is 18.2 Å². The molecule has 19 heavy (non-hydrogen) atoms. The van der Waals surface area contributed by atoms with Crippen LogP contribution in [-0.4, -0.2) is 25.0 Å². The van der Waals surface area contributed by atoms with E-state index in [4.69, 9.17) is 0 Å². The van der Waals surface area contributed by atoms with E-state index in [2.05, 4.69) is 10.6 Å². The molecule has 2 rings (SSSR count). The van der Waals surface area contributed by atoms with Crippen molar-refractivity contribution in [2.45, 2.75) is 25.3 Å². The third-order valence-corrected chi connectivity index (χ3v) is 3.02. The Morgan fingerprint density at radius 2 is 2.21 bits per heavy atom. The van der Waals surface area contributed by atoms with Crippen LogP contribution in [0.1, 0.15) is 18.4 Å². The zero-order chi connectivity index (χ0) is 13.0. The van der Waals surface area contributed by atoms with E-state index in [-0.39, 0.29) is 36.3 Å². The molecular weight excluding hydrogens is 274 g/mol. The highest BCUT2D eigenvalue weighted by Gasteiger charge is 2.16. The fourth-order valence-corrected chi connectivity index (χ4v) is 2.11. The Kier molecular flexibility index (Phi) is 6.18. The second-order valence-electron chi connectivity index (χ2n) is 4.52. The first kappa shape index (κ1) is 15.9. The summed E-state index contributed by atoms with van der Waals surface area (Å²) >= 11 is 0. The third-order valence-electron chi connectivity index (χ3n) is 3.02. The van der Waals surface area contributed by atoms with Crippen molar-refractivity contribution in [3.63, 3.8) is 0 Å². The summed E-state index contributed by atoms with van der Waals surface area (Å²) in [6, 6.07) is 3.23. The molecule has 1 aliphatic heterocycles. The number of carbonyl (C=O) groups is 1. The van der Waals surface area contributed by atoms with Gasteiger partial charge in [-0.3, -0.25) is 4.79 Å². The zero-order valence-corrected chi connectivity index (χ0v) is 11.2. The maximum absolute atomic E-state index is 13.3. The van der Waals surface area contributed by atoms with E-state index in [0.717, 1.165) is 44.1 Å². The van der Waals surface area contributed by atoms with Gasteiger partial charge in [-0.1, -0.05) is 0 Å². The van der Waals surface area contributed by atoms with Gasteiger partial charge in [0.25, 0.3) is 0 Å². The lowest BCUT2D eigenvalue weighted by Crippen LogP contribution is -2.46. The molecule has 2 N–H and O–H groups in total. The van der Waals surface area contributed by atoms with E-state index >= 15 is 0 Å². The first-order chi connectivity index (χ1) is 8.65. The van der Waals surface area contributed by atoms with Crippen LogP contribution in [0, 0.1) is 11.6 Å². The number of piperidine rings is 1. The molecule has 3 nitrogen and oxygen atoms in total. The van der Waals surface area contributed by atoms with Gasteiger partial charge in [0.15, 0.2) is 0 Å². The molecule has 1 aromatic carbocycles. The summed E-state index contributed by atoms with van der Waals surface area (Å²) < 4.78 is 26.3. The van der Waals surface area contributed by atoms with Gasteiger partial charge in [0.05, 0.1) is 6.42 Å². The molecule has 106 valence electrons. The molecule has 1 unspecified atom stereocenters. The molecule has 1 aromatic rings. The van der Waals surface area contributed by atoms with E-state index in [0.29, 0.717) is 0 Å². The minimum Gasteiger partial charge on any atom is -0.352 e. The van der Waals surface area contributed by atoms with Gasteiger partial charge in [-0.25, -0.2) is 8.78 Å². The monoisotopic (exact) mass is 290 g/mol. The maximum Gasteiger partial charge on any atom is 0.224 e. The van der Waals surface area contributed by atoms with Crippen LogP contribution in [0.4, 0.5) is 8.78 Å². The topological polar surface area (TPSA) is 41.1 Å². The Hall–Kier alpha value is -1.20. The van der Waals surface area contributed by atoms with Crippen LogP contribution in [-0.2, 0) is 11.2 Å². The first-order valence-electron chi connectivity index (χ1n) is 6.09. The predicted octanol–water partition coefficient (Wildman–Crippen LogP) is 1.80. The number of hydrogen-bond acceptors (Lipinski definition) is 2. The van der Waals surface area contributed by atoms with Crippen molar-refractivity contribution in [2.75, 3.05) is 13.1 Å². The minimum absolute atomic E-state index is 0. The summed E-state index contributed by atoms with van der Waals surface area (Å²) in [7, 11) is 0. The third kappa shape index (κ3) is 4.76. The Bertz CT molecular complexity index is 437. The van der Waals surface area contributed by atoms with Crippen molar-refractivity contribution >= 4 is 18.3 Å². The van der Waals surface area contributed by atoms with Gasteiger partial charge in [-0.2, -0.15) is 0 Å². The quantitative estimate of drug-likeness (QED) is 0.891. The Labute approximate surface area is 117 Å². The molecule has 1 amide bonds. The van der Waals surface area contributed by atoms with Crippen LogP contribution in [0.2, 0.25) is 0 Å². The lowest BCUT2D eigenvalue weighted by atomic mass is 10.1. The van der Waals surface area contributed by atoms with Gasteiger partial charge in [-0.15, -0.1) is 12.4 Å². The number of halogens is 3. The second-order valence-corrected chi connectivity index (χ2v) is 4.52. The zero-order valence-electron chi connectivity index (χ0n) is 10.4. The fourth-order valence-electron chi connectivity index (χ4n) is 2.11. The molecule has 1 atom stereocenters. The van der Waals surface area contributed by atoms with Gasteiger partial charge in [0.1, 0.15) is 11.6 Å². The number of hydrogen-bond donors (Lipinski definition) is 2. The van der Waals surface area contributed by atoms with Crippen molar-refractivity contribution in [1.29, 1.82) is 0 Å². The van der Waals surface area contributed by atoms with Crippen molar-refractivity contribution in [1.82, 2.24) is 10.6 Å². The SMILES string of the molecule is Cl.O=C(Cc1cc(F)ccc1F)NC1CCCNC1. The Morgan fingerprint density at radius 1 is 1.42 bits per heavy atom. The Balaban J connectivity index is 0.00000180. The molecule has 0 spiro atoms. The molecule has 1 saturated heterocycles. The highest BCUT2D eigenvalue weighted by molar-refractivity contribution is 5.85. The summed E-state index contributed by atoms with van der Waals surface area (Å²) in [6.07, 6.45) is 1.81. The van der Waals surface area contributed by atoms with E-state index in [9.17, 15) is 13.6 Å². The highest BCUT2D eigenvalue weighted by Crippen LogP contribution is 2.10. The van der Waals surface area contributed by atoms with Gasteiger partial charge in [-0.05, 0) is 37.6 Å². The van der Waals surface area contributed by atoms with Crippen LogP contribution in [0.25, 0.3) is 0 Å². The van der Waals surface area contributed by atoms with Crippen LogP contribution in [0.5, 0.6) is 0 Å². The summed E-state index contributed by atoms with van der Waals surface area (Å²) in [5.74, 6) is -1.35. The van der Waals surface area contributed by atoms with E-state index < -0.39 is 11.6 Å². The lowest BCUT2D eigenvalue weighted by molar-refractivity contribution is -0.121. The molecule has 0 radical (unpaired) electrons. The minimum atomic E-state index is -0.548. The smallest absolute Gasteiger partial charge is 0.224 e. The van der Waals surface area contributed by atoms with Crippen LogP contribution < -0.4 is 10.6 Å². The highest BCUT2D eigenvalue weighted by atomic mass is 35.5. The van der Waals surface area contributed by atoms with Crippen LogP contribution >= 0.6 is 12.4 Å². The molecule has 1 aliphatic rings. The molecule has 0 aliphatic carbocycles. The molecule has 6 heteroatoms. The van der Waals surface area contributed by atoms with Crippen molar-refractivity contribution in [3.05, 3.63) is 35.4 Å².